The SMILES string of the molecule is CCCCCCCCOc1ccc(CBr)cc1. The molecule has 1 aromatic carbocycles. The summed E-state index contributed by atoms with van der Waals surface area (Å²) < 4.78 is 5.70. The number of hydrogen-bond acceptors (Lipinski definition) is 1. The van der Waals surface area contributed by atoms with Crippen LogP contribution in [0.3, 0.4) is 0 Å². The molecule has 0 heterocycles. The molecule has 96 valence electrons. The fraction of sp³-hybridized carbons (Fsp3) is 0.600. The van der Waals surface area contributed by atoms with Crippen LogP contribution in [0, 0.1) is 0 Å². The third-order valence-electron chi connectivity index (χ3n) is 2.84. The standard InChI is InChI=1S/C15H23BrO/c1-2-3-4-5-6-7-12-17-15-10-8-14(13-16)9-11-15/h8-11H,2-7,12-13H2,1H3. The zero-order valence-electron chi connectivity index (χ0n) is 10.8. The van der Waals surface area contributed by atoms with Gasteiger partial charge in [0, 0.05) is 5.33 Å². The van der Waals surface area contributed by atoms with Gasteiger partial charge in [-0.15, -0.1) is 0 Å². The molecule has 0 aliphatic heterocycles. The van der Waals surface area contributed by atoms with Gasteiger partial charge in [-0.25, -0.2) is 0 Å². The minimum Gasteiger partial charge on any atom is -0.494 e. The molecule has 0 aliphatic carbocycles. The highest BCUT2D eigenvalue weighted by atomic mass is 79.9. The molecule has 0 saturated carbocycles. The molecular formula is C15H23BrO. The van der Waals surface area contributed by atoms with Crippen molar-refractivity contribution in [3.8, 4) is 5.75 Å². The van der Waals surface area contributed by atoms with Gasteiger partial charge in [0.1, 0.15) is 5.75 Å². The fourth-order valence-electron chi connectivity index (χ4n) is 1.75. The molecule has 0 unspecified atom stereocenters. The van der Waals surface area contributed by atoms with Crippen LogP contribution in [0.25, 0.3) is 0 Å². The maximum Gasteiger partial charge on any atom is 0.119 e. The zero-order chi connectivity index (χ0) is 12.3. The van der Waals surface area contributed by atoms with Gasteiger partial charge in [-0.1, -0.05) is 67.1 Å². The number of alkyl halides is 1. The largest absolute Gasteiger partial charge is 0.494 e. The summed E-state index contributed by atoms with van der Waals surface area (Å²) in [6.45, 7) is 3.10. The van der Waals surface area contributed by atoms with Gasteiger partial charge in [0.25, 0.3) is 0 Å². The van der Waals surface area contributed by atoms with E-state index in [9.17, 15) is 0 Å². The van der Waals surface area contributed by atoms with Crippen LogP contribution >= 0.6 is 15.9 Å². The van der Waals surface area contributed by atoms with Crippen molar-refractivity contribution in [1.29, 1.82) is 0 Å². The molecule has 1 aromatic rings. The van der Waals surface area contributed by atoms with E-state index in [-0.39, 0.29) is 0 Å². The smallest absolute Gasteiger partial charge is 0.119 e. The minimum atomic E-state index is 0.847. The van der Waals surface area contributed by atoms with E-state index in [0.717, 1.165) is 17.7 Å². The van der Waals surface area contributed by atoms with Gasteiger partial charge >= 0.3 is 0 Å². The molecule has 2 heteroatoms. The van der Waals surface area contributed by atoms with Crippen LogP contribution in [0.4, 0.5) is 0 Å². The lowest BCUT2D eigenvalue weighted by Gasteiger charge is -2.06. The second kappa shape index (κ2) is 9.52. The van der Waals surface area contributed by atoms with Crippen LogP contribution < -0.4 is 4.74 Å². The average molecular weight is 299 g/mol. The highest BCUT2D eigenvalue weighted by molar-refractivity contribution is 9.08. The molecule has 1 nitrogen and oxygen atoms in total. The van der Waals surface area contributed by atoms with Gasteiger partial charge in [0.15, 0.2) is 0 Å². The van der Waals surface area contributed by atoms with Crippen LogP contribution in [-0.4, -0.2) is 6.61 Å². The molecule has 0 fully saturated rings. The summed E-state index contributed by atoms with van der Waals surface area (Å²) in [6.07, 6.45) is 7.87. The van der Waals surface area contributed by atoms with Gasteiger partial charge < -0.3 is 4.74 Å². The van der Waals surface area contributed by atoms with E-state index in [4.69, 9.17) is 4.74 Å². The maximum absolute atomic E-state index is 5.70. The first-order chi connectivity index (χ1) is 8.36. The van der Waals surface area contributed by atoms with Gasteiger partial charge in [-0.05, 0) is 24.1 Å². The predicted octanol–water partition coefficient (Wildman–Crippen LogP) is 5.32. The summed E-state index contributed by atoms with van der Waals surface area (Å²) in [6, 6.07) is 8.30. The molecule has 1 rings (SSSR count). The number of unbranched alkanes of at least 4 members (excludes halogenated alkanes) is 5. The van der Waals surface area contributed by atoms with Crippen LogP contribution in [0.15, 0.2) is 24.3 Å². The second-order valence-corrected chi connectivity index (χ2v) is 4.95. The lowest BCUT2D eigenvalue weighted by Crippen LogP contribution is -1.97. The van der Waals surface area contributed by atoms with Crippen LogP contribution in [0.1, 0.15) is 51.0 Å². The van der Waals surface area contributed by atoms with E-state index in [1.165, 1.54) is 44.1 Å². The van der Waals surface area contributed by atoms with Crippen LogP contribution in [0.5, 0.6) is 5.75 Å². The Morgan fingerprint density at radius 1 is 0.941 bits per heavy atom. The summed E-state index contributed by atoms with van der Waals surface area (Å²) in [5.41, 5.74) is 1.29. The fourth-order valence-corrected chi connectivity index (χ4v) is 2.12. The van der Waals surface area contributed by atoms with Crippen molar-refractivity contribution in [2.45, 2.75) is 50.8 Å². The molecule has 0 radical (unpaired) electrons. The Hall–Kier alpha value is -0.500. The third kappa shape index (κ3) is 6.72. The first-order valence-corrected chi connectivity index (χ1v) is 7.76. The van der Waals surface area contributed by atoms with Crippen molar-refractivity contribution in [3.63, 3.8) is 0 Å². The van der Waals surface area contributed by atoms with Gasteiger partial charge in [-0.3, -0.25) is 0 Å². The Morgan fingerprint density at radius 2 is 1.59 bits per heavy atom. The maximum atomic E-state index is 5.70. The zero-order valence-corrected chi connectivity index (χ0v) is 12.3. The molecule has 0 N–H and O–H groups in total. The molecule has 0 spiro atoms. The molecule has 0 bridgehead atoms. The lowest BCUT2D eigenvalue weighted by molar-refractivity contribution is 0.304. The minimum absolute atomic E-state index is 0.847. The number of benzene rings is 1. The van der Waals surface area contributed by atoms with Gasteiger partial charge in [-0.2, -0.15) is 0 Å². The third-order valence-corrected chi connectivity index (χ3v) is 3.49. The number of rotatable bonds is 9. The van der Waals surface area contributed by atoms with E-state index >= 15 is 0 Å². The number of halogens is 1. The number of ether oxygens (including phenoxy) is 1. The molecule has 0 saturated heterocycles. The van der Waals surface area contributed by atoms with Crippen molar-refractivity contribution >= 4 is 15.9 Å². The van der Waals surface area contributed by atoms with Gasteiger partial charge in [0.2, 0.25) is 0 Å². The first-order valence-electron chi connectivity index (χ1n) is 6.64. The summed E-state index contributed by atoms with van der Waals surface area (Å²) in [5.74, 6) is 0.989. The monoisotopic (exact) mass is 298 g/mol. The Bertz CT molecular complexity index is 281. The Labute approximate surface area is 114 Å². The molecule has 0 atom stereocenters. The van der Waals surface area contributed by atoms with Crippen LogP contribution in [0.2, 0.25) is 0 Å². The quantitative estimate of drug-likeness (QED) is 0.443. The van der Waals surface area contributed by atoms with E-state index in [2.05, 4.69) is 35.0 Å². The van der Waals surface area contributed by atoms with Crippen molar-refractivity contribution in [2.24, 2.45) is 0 Å². The summed E-state index contributed by atoms with van der Waals surface area (Å²) in [7, 11) is 0. The average Bonchev–Trinajstić information content (AvgIpc) is 2.38. The molecule has 17 heavy (non-hydrogen) atoms. The van der Waals surface area contributed by atoms with Gasteiger partial charge in [0.05, 0.1) is 6.61 Å². The molecule has 0 amide bonds. The van der Waals surface area contributed by atoms with E-state index in [1.54, 1.807) is 0 Å². The Balaban J connectivity index is 2.05. The van der Waals surface area contributed by atoms with Crippen LogP contribution in [-0.2, 0) is 5.33 Å². The Kier molecular flexibility index (Phi) is 8.16. The van der Waals surface area contributed by atoms with E-state index in [0.29, 0.717) is 0 Å². The van der Waals surface area contributed by atoms with Crippen molar-refractivity contribution in [3.05, 3.63) is 29.8 Å². The summed E-state index contributed by atoms with van der Waals surface area (Å²) in [4.78, 5) is 0. The first kappa shape index (κ1) is 14.6. The highest BCUT2D eigenvalue weighted by Crippen LogP contribution is 2.14. The predicted molar refractivity (Wildman–Crippen MR) is 77.9 cm³/mol. The van der Waals surface area contributed by atoms with E-state index in [1.807, 2.05) is 12.1 Å². The second-order valence-electron chi connectivity index (χ2n) is 4.39. The summed E-state index contributed by atoms with van der Waals surface area (Å²) in [5, 5.41) is 0.907. The molecular weight excluding hydrogens is 276 g/mol. The van der Waals surface area contributed by atoms with Crippen molar-refractivity contribution in [2.75, 3.05) is 6.61 Å². The molecule has 0 aliphatic rings. The number of hydrogen-bond donors (Lipinski definition) is 0. The van der Waals surface area contributed by atoms with Crippen molar-refractivity contribution in [1.82, 2.24) is 0 Å². The normalized spacial score (nSPS) is 10.5. The topological polar surface area (TPSA) is 9.23 Å². The van der Waals surface area contributed by atoms with E-state index < -0.39 is 0 Å². The lowest BCUT2D eigenvalue weighted by atomic mass is 10.1. The van der Waals surface area contributed by atoms with Crippen molar-refractivity contribution < 1.29 is 4.74 Å². The highest BCUT2D eigenvalue weighted by Gasteiger charge is 1.95. The Morgan fingerprint density at radius 3 is 2.24 bits per heavy atom. The summed E-state index contributed by atoms with van der Waals surface area (Å²) >= 11 is 3.43. The molecule has 0 aromatic heterocycles.